The standard InChI is InChI=1S/C16H22N2OS/c1-4-18(5-2)10-14-12-20-16(17-14)11-19-15-8-6-13(3)7-9-15/h6-9,12H,4-5,10-11H2,1-3H3. The molecule has 0 radical (unpaired) electrons. The van der Waals surface area contributed by atoms with E-state index >= 15 is 0 Å². The van der Waals surface area contributed by atoms with Gasteiger partial charge in [0.05, 0.1) is 5.69 Å². The maximum absolute atomic E-state index is 5.75. The third-order valence-corrected chi connectivity index (χ3v) is 4.13. The molecule has 0 atom stereocenters. The van der Waals surface area contributed by atoms with Crippen molar-refractivity contribution in [1.82, 2.24) is 9.88 Å². The van der Waals surface area contributed by atoms with Gasteiger partial charge in [-0.3, -0.25) is 4.90 Å². The normalized spacial score (nSPS) is 11.0. The van der Waals surface area contributed by atoms with Gasteiger partial charge in [-0.05, 0) is 32.1 Å². The Bertz CT molecular complexity index is 518. The minimum absolute atomic E-state index is 0.548. The number of hydrogen-bond acceptors (Lipinski definition) is 4. The van der Waals surface area contributed by atoms with Crippen LogP contribution in [0.2, 0.25) is 0 Å². The van der Waals surface area contributed by atoms with Crippen molar-refractivity contribution < 1.29 is 4.74 Å². The Balaban J connectivity index is 1.87. The van der Waals surface area contributed by atoms with Crippen molar-refractivity contribution in [2.75, 3.05) is 13.1 Å². The summed E-state index contributed by atoms with van der Waals surface area (Å²) in [6, 6.07) is 8.12. The lowest BCUT2D eigenvalue weighted by molar-refractivity contribution is 0.289. The topological polar surface area (TPSA) is 25.4 Å². The molecule has 0 saturated carbocycles. The molecule has 0 aliphatic carbocycles. The minimum atomic E-state index is 0.548. The Hall–Kier alpha value is -1.39. The molecule has 20 heavy (non-hydrogen) atoms. The van der Waals surface area contributed by atoms with Crippen LogP contribution >= 0.6 is 11.3 Å². The monoisotopic (exact) mass is 290 g/mol. The second-order valence-corrected chi connectivity index (χ2v) is 5.74. The fourth-order valence-electron chi connectivity index (χ4n) is 1.94. The fourth-order valence-corrected chi connectivity index (χ4v) is 2.64. The highest BCUT2D eigenvalue weighted by molar-refractivity contribution is 7.09. The van der Waals surface area contributed by atoms with E-state index in [1.807, 2.05) is 12.1 Å². The van der Waals surface area contributed by atoms with Gasteiger partial charge in [-0.25, -0.2) is 4.98 Å². The van der Waals surface area contributed by atoms with Crippen molar-refractivity contribution in [2.45, 2.75) is 33.9 Å². The Morgan fingerprint density at radius 2 is 1.85 bits per heavy atom. The Morgan fingerprint density at radius 1 is 1.15 bits per heavy atom. The molecule has 0 aliphatic rings. The first-order valence-corrected chi connectivity index (χ1v) is 7.94. The zero-order valence-corrected chi connectivity index (χ0v) is 13.2. The highest BCUT2D eigenvalue weighted by Gasteiger charge is 2.06. The maximum Gasteiger partial charge on any atom is 0.140 e. The van der Waals surface area contributed by atoms with E-state index in [0.717, 1.165) is 36.1 Å². The number of rotatable bonds is 7. The lowest BCUT2D eigenvalue weighted by Gasteiger charge is -2.15. The molecule has 4 heteroatoms. The van der Waals surface area contributed by atoms with Gasteiger partial charge in [0.2, 0.25) is 0 Å². The molecule has 0 N–H and O–H groups in total. The molecule has 0 spiro atoms. The second-order valence-electron chi connectivity index (χ2n) is 4.80. The maximum atomic E-state index is 5.75. The SMILES string of the molecule is CCN(CC)Cc1csc(COc2ccc(C)cc2)n1. The smallest absolute Gasteiger partial charge is 0.140 e. The van der Waals surface area contributed by atoms with Crippen LogP contribution in [-0.2, 0) is 13.2 Å². The molecular weight excluding hydrogens is 268 g/mol. The van der Waals surface area contributed by atoms with E-state index in [2.05, 4.69) is 48.2 Å². The highest BCUT2D eigenvalue weighted by Crippen LogP contribution is 2.16. The number of ether oxygens (including phenoxy) is 1. The molecule has 0 unspecified atom stereocenters. The molecule has 0 bridgehead atoms. The predicted octanol–water partition coefficient (Wildman–Crippen LogP) is 3.87. The van der Waals surface area contributed by atoms with Crippen LogP contribution < -0.4 is 4.74 Å². The van der Waals surface area contributed by atoms with E-state index in [4.69, 9.17) is 4.74 Å². The molecular formula is C16H22N2OS. The van der Waals surface area contributed by atoms with Crippen LogP contribution in [0.25, 0.3) is 0 Å². The first-order chi connectivity index (χ1) is 9.71. The van der Waals surface area contributed by atoms with E-state index < -0.39 is 0 Å². The number of benzene rings is 1. The summed E-state index contributed by atoms with van der Waals surface area (Å²) >= 11 is 1.67. The summed E-state index contributed by atoms with van der Waals surface area (Å²) in [4.78, 5) is 6.99. The van der Waals surface area contributed by atoms with Gasteiger partial charge >= 0.3 is 0 Å². The number of hydrogen-bond donors (Lipinski definition) is 0. The van der Waals surface area contributed by atoms with Crippen LogP contribution in [0.15, 0.2) is 29.6 Å². The first kappa shape index (κ1) is 15.0. The minimum Gasteiger partial charge on any atom is -0.486 e. The number of aromatic nitrogens is 1. The summed E-state index contributed by atoms with van der Waals surface area (Å²) in [5.41, 5.74) is 2.38. The summed E-state index contributed by atoms with van der Waals surface area (Å²) in [6.45, 7) is 10.0. The largest absolute Gasteiger partial charge is 0.486 e. The van der Waals surface area contributed by atoms with Crippen molar-refractivity contribution in [3.8, 4) is 5.75 Å². The quantitative estimate of drug-likeness (QED) is 0.774. The molecule has 2 rings (SSSR count). The molecule has 2 aromatic rings. The van der Waals surface area contributed by atoms with Crippen molar-refractivity contribution in [1.29, 1.82) is 0 Å². The van der Waals surface area contributed by atoms with Crippen LogP contribution in [0.5, 0.6) is 5.75 Å². The average Bonchev–Trinajstić information content (AvgIpc) is 2.92. The van der Waals surface area contributed by atoms with Crippen molar-refractivity contribution in [2.24, 2.45) is 0 Å². The zero-order valence-electron chi connectivity index (χ0n) is 12.4. The van der Waals surface area contributed by atoms with Gasteiger partial charge in [-0.2, -0.15) is 0 Å². The molecule has 1 aromatic carbocycles. The molecule has 1 heterocycles. The van der Waals surface area contributed by atoms with Crippen LogP contribution in [0.4, 0.5) is 0 Å². The summed E-state index contributed by atoms with van der Waals surface area (Å²) in [5, 5.41) is 3.17. The van der Waals surface area contributed by atoms with Crippen LogP contribution in [-0.4, -0.2) is 23.0 Å². The highest BCUT2D eigenvalue weighted by atomic mass is 32.1. The van der Waals surface area contributed by atoms with Crippen LogP contribution in [0, 0.1) is 6.92 Å². The molecule has 0 saturated heterocycles. The van der Waals surface area contributed by atoms with E-state index in [0.29, 0.717) is 6.61 Å². The van der Waals surface area contributed by atoms with E-state index in [-0.39, 0.29) is 0 Å². The Morgan fingerprint density at radius 3 is 2.50 bits per heavy atom. The average molecular weight is 290 g/mol. The predicted molar refractivity (Wildman–Crippen MR) is 84.3 cm³/mol. The van der Waals surface area contributed by atoms with Gasteiger partial charge in [-0.15, -0.1) is 11.3 Å². The van der Waals surface area contributed by atoms with Crippen molar-refractivity contribution in [3.63, 3.8) is 0 Å². The molecule has 1 aromatic heterocycles. The van der Waals surface area contributed by atoms with Gasteiger partial charge < -0.3 is 4.74 Å². The third kappa shape index (κ3) is 4.32. The van der Waals surface area contributed by atoms with Gasteiger partial charge in [0.25, 0.3) is 0 Å². The van der Waals surface area contributed by atoms with E-state index in [1.54, 1.807) is 11.3 Å². The molecule has 0 aliphatic heterocycles. The molecule has 108 valence electrons. The van der Waals surface area contributed by atoms with Gasteiger partial charge in [0.15, 0.2) is 0 Å². The lowest BCUT2D eigenvalue weighted by Crippen LogP contribution is -2.22. The third-order valence-electron chi connectivity index (χ3n) is 3.26. The molecule has 3 nitrogen and oxygen atoms in total. The van der Waals surface area contributed by atoms with E-state index in [9.17, 15) is 0 Å². The van der Waals surface area contributed by atoms with Crippen molar-refractivity contribution in [3.05, 3.63) is 45.9 Å². The van der Waals surface area contributed by atoms with Crippen LogP contribution in [0.3, 0.4) is 0 Å². The molecule has 0 fully saturated rings. The van der Waals surface area contributed by atoms with Gasteiger partial charge in [0.1, 0.15) is 17.4 Å². The van der Waals surface area contributed by atoms with Crippen LogP contribution in [0.1, 0.15) is 30.1 Å². The number of thiazole rings is 1. The second kappa shape index (κ2) is 7.41. The fraction of sp³-hybridized carbons (Fsp3) is 0.438. The zero-order chi connectivity index (χ0) is 14.4. The number of nitrogens with zero attached hydrogens (tertiary/aromatic N) is 2. The van der Waals surface area contributed by atoms with Crippen molar-refractivity contribution >= 4 is 11.3 Å². The Kier molecular flexibility index (Phi) is 5.56. The summed E-state index contributed by atoms with van der Waals surface area (Å²) in [5.74, 6) is 0.899. The number of aryl methyl sites for hydroxylation is 1. The van der Waals surface area contributed by atoms with Gasteiger partial charge in [-0.1, -0.05) is 31.5 Å². The summed E-state index contributed by atoms with van der Waals surface area (Å²) in [6.07, 6.45) is 0. The molecule has 0 amide bonds. The van der Waals surface area contributed by atoms with E-state index in [1.165, 1.54) is 5.56 Å². The first-order valence-electron chi connectivity index (χ1n) is 7.06. The Labute approximate surface area is 125 Å². The summed E-state index contributed by atoms with van der Waals surface area (Å²) in [7, 11) is 0. The lowest BCUT2D eigenvalue weighted by atomic mass is 10.2. The summed E-state index contributed by atoms with van der Waals surface area (Å²) < 4.78 is 5.75. The van der Waals surface area contributed by atoms with Gasteiger partial charge in [0, 0.05) is 11.9 Å².